The van der Waals surface area contributed by atoms with E-state index in [4.69, 9.17) is 14.2 Å². The molecule has 0 amide bonds. The summed E-state index contributed by atoms with van der Waals surface area (Å²) in [6.07, 6.45) is 87.4. The highest BCUT2D eigenvalue weighted by Crippen LogP contribution is 2.17. The Kier molecular flexibility index (Phi) is 61.8. The molecule has 0 rings (SSSR count). The van der Waals surface area contributed by atoms with Gasteiger partial charge in [-0.15, -0.1) is 0 Å². The summed E-state index contributed by atoms with van der Waals surface area (Å²) in [5, 5.41) is 0. The first-order valence-corrected chi connectivity index (χ1v) is 32.7. The van der Waals surface area contributed by atoms with E-state index in [9.17, 15) is 14.4 Å². The fourth-order valence-corrected chi connectivity index (χ4v) is 9.21. The summed E-state index contributed by atoms with van der Waals surface area (Å²) in [5.41, 5.74) is 0. The molecule has 0 spiro atoms. The molecule has 0 aromatic heterocycles. The summed E-state index contributed by atoms with van der Waals surface area (Å²) >= 11 is 0. The summed E-state index contributed by atoms with van der Waals surface area (Å²) in [5.74, 6) is -0.950. The van der Waals surface area contributed by atoms with Crippen molar-refractivity contribution in [3.8, 4) is 0 Å². The van der Waals surface area contributed by atoms with E-state index in [-0.39, 0.29) is 37.5 Å². The number of unbranched alkanes of at least 4 members (excludes halogenated alkanes) is 32. The van der Waals surface area contributed by atoms with Crippen LogP contribution in [0.1, 0.15) is 316 Å². The van der Waals surface area contributed by atoms with Gasteiger partial charge in [0.05, 0.1) is 0 Å². The van der Waals surface area contributed by atoms with Gasteiger partial charge in [0.25, 0.3) is 0 Å². The van der Waals surface area contributed by atoms with Gasteiger partial charge in [0, 0.05) is 19.3 Å². The van der Waals surface area contributed by atoms with Crippen molar-refractivity contribution in [3.05, 3.63) is 97.2 Å². The maximum absolute atomic E-state index is 12.8. The maximum Gasteiger partial charge on any atom is 0.306 e. The number of ether oxygens (including phenoxy) is 3. The molecule has 0 N–H and O–H groups in total. The number of rotatable bonds is 59. The maximum atomic E-state index is 12.8. The zero-order valence-electron chi connectivity index (χ0n) is 50.7. The minimum absolute atomic E-state index is 0.0970. The molecule has 0 aromatic rings. The highest BCUT2D eigenvalue weighted by molar-refractivity contribution is 5.71. The zero-order valence-corrected chi connectivity index (χ0v) is 50.7. The van der Waals surface area contributed by atoms with Gasteiger partial charge in [0.1, 0.15) is 13.2 Å². The molecule has 0 radical (unpaired) electrons. The molecule has 6 heteroatoms. The van der Waals surface area contributed by atoms with Crippen LogP contribution in [0.15, 0.2) is 97.2 Å². The van der Waals surface area contributed by atoms with E-state index >= 15 is 0 Å². The normalized spacial score (nSPS) is 12.7. The molecular formula is C71H122O6. The Morgan fingerprint density at radius 1 is 0.273 bits per heavy atom. The molecule has 1 atom stereocenters. The third kappa shape index (κ3) is 63.0. The first-order valence-electron chi connectivity index (χ1n) is 32.7. The Morgan fingerprint density at radius 3 is 0.805 bits per heavy atom. The predicted octanol–water partition coefficient (Wildman–Crippen LogP) is 22.4. The first kappa shape index (κ1) is 73.3. The zero-order chi connectivity index (χ0) is 55.7. The fraction of sp³-hybridized carbons (Fsp3) is 0.732. The van der Waals surface area contributed by atoms with Crippen molar-refractivity contribution in [1.82, 2.24) is 0 Å². The van der Waals surface area contributed by atoms with Gasteiger partial charge in [-0.05, 0) is 116 Å². The van der Waals surface area contributed by atoms with Crippen LogP contribution in [0.5, 0.6) is 0 Å². The molecule has 77 heavy (non-hydrogen) atoms. The monoisotopic (exact) mass is 1070 g/mol. The Morgan fingerprint density at radius 2 is 0.506 bits per heavy atom. The van der Waals surface area contributed by atoms with Gasteiger partial charge in [-0.3, -0.25) is 14.4 Å². The van der Waals surface area contributed by atoms with Crippen molar-refractivity contribution in [3.63, 3.8) is 0 Å². The molecule has 0 aliphatic heterocycles. The lowest BCUT2D eigenvalue weighted by Gasteiger charge is -2.18. The van der Waals surface area contributed by atoms with Gasteiger partial charge < -0.3 is 14.2 Å². The summed E-state index contributed by atoms with van der Waals surface area (Å²) in [6.45, 7) is 6.37. The summed E-state index contributed by atoms with van der Waals surface area (Å²) < 4.78 is 16.8. The summed E-state index contributed by atoms with van der Waals surface area (Å²) in [4.78, 5) is 38.2. The SMILES string of the molecule is CC/C=C\C/C=C\C/C=C\CCCCCC(=O)OCC(COC(=O)CCCCCCCCCCCCCCCCCCCCCCC/C=C\C/C=C\CCCCCCC)OC(=O)CCCCC/C=C\C/C=C\C/C=C\CC. The Bertz CT molecular complexity index is 1510. The van der Waals surface area contributed by atoms with Crippen molar-refractivity contribution in [2.75, 3.05) is 13.2 Å². The highest BCUT2D eigenvalue weighted by atomic mass is 16.6. The average Bonchev–Trinajstić information content (AvgIpc) is 3.43. The molecule has 1 unspecified atom stereocenters. The lowest BCUT2D eigenvalue weighted by atomic mass is 10.0. The van der Waals surface area contributed by atoms with E-state index in [0.29, 0.717) is 12.8 Å². The Labute approximate surface area is 477 Å². The first-order chi connectivity index (χ1) is 38.0. The number of esters is 3. The predicted molar refractivity (Wildman–Crippen MR) is 334 cm³/mol. The van der Waals surface area contributed by atoms with Crippen LogP contribution in [0, 0.1) is 0 Å². The quantitative estimate of drug-likeness (QED) is 0.0261. The highest BCUT2D eigenvalue weighted by Gasteiger charge is 2.19. The third-order valence-corrected chi connectivity index (χ3v) is 14.1. The molecule has 442 valence electrons. The molecule has 0 saturated heterocycles. The van der Waals surface area contributed by atoms with Gasteiger partial charge in [0.15, 0.2) is 6.10 Å². The van der Waals surface area contributed by atoms with Crippen molar-refractivity contribution in [2.45, 2.75) is 322 Å². The molecule has 0 aliphatic rings. The van der Waals surface area contributed by atoms with Crippen molar-refractivity contribution >= 4 is 17.9 Å². The molecule has 0 saturated carbocycles. The van der Waals surface area contributed by atoms with E-state index in [2.05, 4.69) is 118 Å². The van der Waals surface area contributed by atoms with E-state index in [1.807, 2.05) is 0 Å². The van der Waals surface area contributed by atoms with E-state index in [1.54, 1.807) is 0 Å². The smallest absolute Gasteiger partial charge is 0.306 e. The topological polar surface area (TPSA) is 78.9 Å². The molecule has 0 aliphatic carbocycles. The molecular weight excluding hydrogens is 949 g/mol. The third-order valence-electron chi connectivity index (χ3n) is 14.1. The van der Waals surface area contributed by atoms with Gasteiger partial charge in [-0.2, -0.15) is 0 Å². The number of hydrogen-bond acceptors (Lipinski definition) is 6. The Hall–Kier alpha value is -3.67. The van der Waals surface area contributed by atoms with Gasteiger partial charge in [-0.1, -0.05) is 279 Å². The van der Waals surface area contributed by atoms with E-state index in [0.717, 1.165) is 116 Å². The molecule has 0 fully saturated rings. The number of hydrogen-bond donors (Lipinski definition) is 0. The minimum Gasteiger partial charge on any atom is -0.462 e. The minimum atomic E-state index is -0.804. The van der Waals surface area contributed by atoms with Crippen LogP contribution in [0.2, 0.25) is 0 Å². The van der Waals surface area contributed by atoms with Crippen molar-refractivity contribution < 1.29 is 28.6 Å². The molecule has 0 aromatic carbocycles. The number of carbonyl (C=O) groups is 3. The van der Waals surface area contributed by atoms with E-state index in [1.165, 1.54) is 161 Å². The Balaban J connectivity index is 4.12. The van der Waals surface area contributed by atoms with Crippen molar-refractivity contribution in [2.24, 2.45) is 0 Å². The van der Waals surface area contributed by atoms with Crippen LogP contribution >= 0.6 is 0 Å². The average molecular weight is 1070 g/mol. The van der Waals surface area contributed by atoms with E-state index < -0.39 is 6.10 Å². The van der Waals surface area contributed by atoms with Crippen LogP contribution in [0.4, 0.5) is 0 Å². The number of allylic oxidation sites excluding steroid dienone is 16. The van der Waals surface area contributed by atoms with Crippen LogP contribution in [-0.4, -0.2) is 37.2 Å². The fourth-order valence-electron chi connectivity index (χ4n) is 9.21. The second kappa shape index (κ2) is 64.9. The standard InChI is InChI=1S/C71H122O6/c1-4-7-10-13-16-19-22-25-26-27-28-29-30-31-32-33-34-35-36-37-38-39-40-41-42-43-44-47-49-52-55-58-61-64-70(73)76-67-68(77-71(74)65-62-59-56-53-50-46-24-21-18-15-12-9-6-3)66-75-69(72)63-60-57-54-51-48-45-23-20-17-14-11-8-5-2/h8-9,11-12,17-18,20-22,25,27-28,45-46,48,50,68H,4-7,10,13-16,19,23-24,26,29-44,47,49,51-67H2,1-3H3/b11-8-,12-9-,20-17-,21-18-,25-22-,28-27-,48-45-,50-46-. The van der Waals surface area contributed by atoms with Crippen LogP contribution < -0.4 is 0 Å². The van der Waals surface area contributed by atoms with Gasteiger partial charge in [-0.25, -0.2) is 0 Å². The largest absolute Gasteiger partial charge is 0.462 e. The van der Waals surface area contributed by atoms with Crippen molar-refractivity contribution in [1.29, 1.82) is 0 Å². The molecule has 0 bridgehead atoms. The second-order valence-corrected chi connectivity index (χ2v) is 21.6. The second-order valence-electron chi connectivity index (χ2n) is 21.6. The molecule has 0 heterocycles. The lowest BCUT2D eigenvalue weighted by Crippen LogP contribution is -2.30. The van der Waals surface area contributed by atoms with Gasteiger partial charge in [0.2, 0.25) is 0 Å². The van der Waals surface area contributed by atoms with Crippen LogP contribution in [0.3, 0.4) is 0 Å². The number of carbonyl (C=O) groups excluding carboxylic acids is 3. The lowest BCUT2D eigenvalue weighted by molar-refractivity contribution is -0.167. The molecule has 6 nitrogen and oxygen atoms in total. The van der Waals surface area contributed by atoms with Crippen LogP contribution in [0.25, 0.3) is 0 Å². The summed E-state index contributed by atoms with van der Waals surface area (Å²) in [6, 6.07) is 0. The van der Waals surface area contributed by atoms with Crippen LogP contribution in [-0.2, 0) is 28.6 Å². The van der Waals surface area contributed by atoms with Gasteiger partial charge >= 0.3 is 17.9 Å². The summed E-state index contributed by atoms with van der Waals surface area (Å²) in [7, 11) is 0.